The van der Waals surface area contributed by atoms with E-state index in [1.54, 1.807) is 0 Å². The van der Waals surface area contributed by atoms with Gasteiger partial charge in [-0.2, -0.15) is 0 Å². The van der Waals surface area contributed by atoms with E-state index in [1.807, 2.05) is 7.11 Å². The van der Waals surface area contributed by atoms with E-state index in [9.17, 15) is 0 Å². The molecule has 3 nitrogen and oxygen atoms in total. The molecule has 1 heterocycles. The van der Waals surface area contributed by atoms with E-state index in [-0.39, 0.29) is 5.54 Å². The van der Waals surface area contributed by atoms with Crippen LogP contribution in [0, 0.1) is 0 Å². The smallest absolute Gasteiger partial charge is 0.0698 e. The Morgan fingerprint density at radius 2 is 2.18 bits per heavy atom. The van der Waals surface area contributed by atoms with Gasteiger partial charge in [-0.15, -0.1) is 0 Å². The molecule has 0 saturated carbocycles. The van der Waals surface area contributed by atoms with Crippen molar-refractivity contribution in [1.82, 2.24) is 4.90 Å². The molecule has 1 aliphatic rings. The quantitative estimate of drug-likeness (QED) is 0.745. The predicted octanol–water partition coefficient (Wildman–Crippen LogP) is 2.39. The number of piperidine rings is 1. The maximum absolute atomic E-state index is 6.09. The van der Waals surface area contributed by atoms with Gasteiger partial charge in [0, 0.05) is 25.7 Å². The van der Waals surface area contributed by atoms with Gasteiger partial charge in [-0.25, -0.2) is 0 Å². The van der Waals surface area contributed by atoms with Crippen molar-refractivity contribution in [1.29, 1.82) is 0 Å². The summed E-state index contributed by atoms with van der Waals surface area (Å²) < 4.78 is 5.53. The SMILES string of the molecule is CCCCC(CC)(CN)N1CCCC(OC)C1. The monoisotopic (exact) mass is 242 g/mol. The van der Waals surface area contributed by atoms with Gasteiger partial charge in [-0.3, -0.25) is 4.90 Å². The second-order valence-corrected chi connectivity index (χ2v) is 5.33. The molecule has 0 spiro atoms. The topological polar surface area (TPSA) is 38.5 Å². The number of hydrogen-bond acceptors (Lipinski definition) is 3. The summed E-state index contributed by atoms with van der Waals surface area (Å²) in [5.74, 6) is 0. The van der Waals surface area contributed by atoms with E-state index >= 15 is 0 Å². The normalized spacial score (nSPS) is 25.8. The summed E-state index contributed by atoms with van der Waals surface area (Å²) in [4.78, 5) is 2.60. The minimum absolute atomic E-state index is 0.215. The summed E-state index contributed by atoms with van der Waals surface area (Å²) in [6.45, 7) is 7.56. The molecule has 0 aromatic rings. The predicted molar refractivity (Wildman–Crippen MR) is 73.2 cm³/mol. The average Bonchev–Trinajstić information content (AvgIpc) is 2.41. The maximum atomic E-state index is 6.09. The standard InChI is InChI=1S/C14H30N2O/c1-4-6-9-14(5-2,12-15)16-10-7-8-13(11-16)17-3/h13H,4-12,15H2,1-3H3. The third-order valence-corrected chi connectivity index (χ3v) is 4.42. The van der Waals surface area contributed by atoms with Crippen LogP contribution >= 0.6 is 0 Å². The number of rotatable bonds is 7. The Balaban J connectivity index is 2.67. The van der Waals surface area contributed by atoms with E-state index in [0.717, 1.165) is 19.5 Å². The number of likely N-dealkylation sites (tertiary alicyclic amines) is 1. The zero-order valence-electron chi connectivity index (χ0n) is 11.9. The Morgan fingerprint density at radius 1 is 1.41 bits per heavy atom. The van der Waals surface area contributed by atoms with Crippen LogP contribution < -0.4 is 5.73 Å². The van der Waals surface area contributed by atoms with Crippen LogP contribution in [0.2, 0.25) is 0 Å². The van der Waals surface area contributed by atoms with Crippen LogP contribution in [-0.4, -0.2) is 43.3 Å². The molecule has 0 radical (unpaired) electrons. The largest absolute Gasteiger partial charge is 0.380 e. The first-order chi connectivity index (χ1) is 8.22. The highest BCUT2D eigenvalue weighted by molar-refractivity contribution is 4.93. The minimum atomic E-state index is 0.215. The number of methoxy groups -OCH3 is 1. The van der Waals surface area contributed by atoms with Gasteiger partial charge < -0.3 is 10.5 Å². The molecule has 3 heteroatoms. The van der Waals surface area contributed by atoms with Crippen molar-refractivity contribution < 1.29 is 4.74 Å². The second kappa shape index (κ2) is 7.34. The summed E-state index contributed by atoms with van der Waals surface area (Å²) in [6, 6.07) is 0. The molecule has 0 bridgehead atoms. The fourth-order valence-electron chi connectivity index (χ4n) is 3.00. The van der Waals surface area contributed by atoms with Gasteiger partial charge in [-0.1, -0.05) is 26.7 Å². The molecule has 102 valence electrons. The Kier molecular flexibility index (Phi) is 6.45. The highest BCUT2D eigenvalue weighted by Crippen LogP contribution is 2.29. The van der Waals surface area contributed by atoms with Gasteiger partial charge >= 0.3 is 0 Å². The van der Waals surface area contributed by atoms with Crippen molar-refractivity contribution >= 4 is 0 Å². The van der Waals surface area contributed by atoms with Gasteiger partial charge in [0.25, 0.3) is 0 Å². The molecule has 2 unspecified atom stereocenters. The summed E-state index contributed by atoms with van der Waals surface area (Å²) >= 11 is 0. The van der Waals surface area contributed by atoms with Gasteiger partial charge in [0.2, 0.25) is 0 Å². The second-order valence-electron chi connectivity index (χ2n) is 5.33. The Bertz CT molecular complexity index is 204. The molecule has 0 aromatic heterocycles. The molecule has 1 aliphatic heterocycles. The van der Waals surface area contributed by atoms with Crippen LogP contribution in [0.4, 0.5) is 0 Å². The lowest BCUT2D eigenvalue weighted by molar-refractivity contribution is -0.0225. The number of nitrogens with two attached hydrogens (primary N) is 1. The first kappa shape index (κ1) is 14.9. The fraction of sp³-hybridized carbons (Fsp3) is 1.00. The van der Waals surface area contributed by atoms with Crippen LogP contribution in [0.3, 0.4) is 0 Å². The van der Waals surface area contributed by atoms with Gasteiger partial charge in [0.15, 0.2) is 0 Å². The Hall–Kier alpha value is -0.120. The van der Waals surface area contributed by atoms with Gasteiger partial charge in [0.05, 0.1) is 6.10 Å². The van der Waals surface area contributed by atoms with Crippen LogP contribution in [0.1, 0.15) is 52.4 Å². The average molecular weight is 242 g/mol. The summed E-state index contributed by atoms with van der Waals surface area (Å²) in [6.07, 6.45) is 7.76. The third kappa shape index (κ3) is 3.67. The van der Waals surface area contributed by atoms with Crippen LogP contribution in [0.15, 0.2) is 0 Å². The van der Waals surface area contributed by atoms with Gasteiger partial charge in [-0.05, 0) is 32.2 Å². The van der Waals surface area contributed by atoms with Crippen LogP contribution in [0.25, 0.3) is 0 Å². The highest BCUT2D eigenvalue weighted by Gasteiger charge is 2.36. The molecule has 2 N–H and O–H groups in total. The summed E-state index contributed by atoms with van der Waals surface area (Å²) in [5.41, 5.74) is 6.31. The molecule has 17 heavy (non-hydrogen) atoms. The van der Waals surface area contributed by atoms with E-state index in [4.69, 9.17) is 10.5 Å². The summed E-state index contributed by atoms with van der Waals surface area (Å²) in [5, 5.41) is 0. The highest BCUT2D eigenvalue weighted by atomic mass is 16.5. The first-order valence-electron chi connectivity index (χ1n) is 7.20. The maximum Gasteiger partial charge on any atom is 0.0698 e. The first-order valence-corrected chi connectivity index (χ1v) is 7.20. The number of ether oxygens (including phenoxy) is 1. The van der Waals surface area contributed by atoms with E-state index in [1.165, 1.54) is 38.6 Å². The van der Waals surface area contributed by atoms with Crippen molar-refractivity contribution in [2.45, 2.75) is 64.0 Å². The molecular formula is C14H30N2O. The molecule has 0 aromatic carbocycles. The number of unbranched alkanes of at least 4 members (excludes halogenated alkanes) is 1. The van der Waals surface area contributed by atoms with Gasteiger partial charge in [0.1, 0.15) is 0 Å². The van der Waals surface area contributed by atoms with E-state index in [0.29, 0.717) is 6.10 Å². The van der Waals surface area contributed by atoms with E-state index in [2.05, 4.69) is 18.7 Å². The molecule has 2 atom stereocenters. The zero-order valence-corrected chi connectivity index (χ0v) is 11.9. The molecule has 1 saturated heterocycles. The van der Waals surface area contributed by atoms with Crippen molar-refractivity contribution in [2.24, 2.45) is 5.73 Å². The lowest BCUT2D eigenvalue weighted by Crippen LogP contribution is -2.57. The van der Waals surface area contributed by atoms with Crippen LogP contribution in [-0.2, 0) is 4.74 Å². The van der Waals surface area contributed by atoms with Crippen molar-refractivity contribution in [2.75, 3.05) is 26.7 Å². The van der Waals surface area contributed by atoms with Crippen LogP contribution in [0.5, 0.6) is 0 Å². The molecule has 1 fully saturated rings. The number of hydrogen-bond donors (Lipinski definition) is 1. The van der Waals surface area contributed by atoms with Crippen molar-refractivity contribution in [3.05, 3.63) is 0 Å². The lowest BCUT2D eigenvalue weighted by Gasteiger charge is -2.47. The molecule has 0 amide bonds. The third-order valence-electron chi connectivity index (χ3n) is 4.42. The van der Waals surface area contributed by atoms with Crippen molar-refractivity contribution in [3.8, 4) is 0 Å². The Labute approximate surface area is 107 Å². The minimum Gasteiger partial charge on any atom is -0.380 e. The lowest BCUT2D eigenvalue weighted by atomic mass is 9.86. The summed E-state index contributed by atoms with van der Waals surface area (Å²) in [7, 11) is 1.83. The molecule has 1 rings (SSSR count). The zero-order chi connectivity index (χ0) is 12.7. The van der Waals surface area contributed by atoms with Crippen molar-refractivity contribution in [3.63, 3.8) is 0 Å². The van der Waals surface area contributed by atoms with E-state index < -0.39 is 0 Å². The number of nitrogens with zero attached hydrogens (tertiary/aromatic N) is 1. The molecular weight excluding hydrogens is 212 g/mol. The fourth-order valence-corrected chi connectivity index (χ4v) is 3.00. The molecule has 0 aliphatic carbocycles. The Morgan fingerprint density at radius 3 is 2.71 bits per heavy atom.